The van der Waals surface area contributed by atoms with Crippen LogP contribution in [0.3, 0.4) is 0 Å². The Kier molecular flexibility index (Phi) is 4.75. The van der Waals surface area contributed by atoms with E-state index >= 15 is 0 Å². The number of hydrogen-bond donors (Lipinski definition) is 1. The number of rotatable bonds is 2. The first-order valence-corrected chi connectivity index (χ1v) is 9.21. The van der Waals surface area contributed by atoms with Crippen molar-refractivity contribution in [1.29, 1.82) is 0 Å². The molecule has 2 aliphatic rings. The molecule has 1 fully saturated rings. The lowest BCUT2D eigenvalue weighted by Crippen LogP contribution is -2.57. The molecule has 0 saturated heterocycles. The molecule has 4 heteroatoms. The van der Waals surface area contributed by atoms with E-state index in [1.807, 2.05) is 17.0 Å². The highest BCUT2D eigenvalue weighted by Gasteiger charge is 2.40. The molecule has 2 amide bonds. The van der Waals surface area contributed by atoms with Crippen molar-refractivity contribution in [2.75, 3.05) is 12.0 Å². The number of methoxy groups -OCH3 is 1. The predicted molar refractivity (Wildman–Crippen MR) is 98.0 cm³/mol. The lowest BCUT2D eigenvalue weighted by atomic mass is 9.80. The monoisotopic (exact) mass is 330 g/mol. The number of benzene rings is 1. The van der Waals surface area contributed by atoms with Crippen molar-refractivity contribution >= 4 is 11.7 Å². The van der Waals surface area contributed by atoms with Crippen molar-refractivity contribution in [3.63, 3.8) is 0 Å². The molecule has 1 saturated carbocycles. The molecule has 0 radical (unpaired) electrons. The second-order valence-corrected chi connectivity index (χ2v) is 7.96. The zero-order chi connectivity index (χ0) is 17.3. The normalized spacial score (nSPS) is 23.5. The van der Waals surface area contributed by atoms with Crippen LogP contribution in [-0.2, 0) is 0 Å². The molecular formula is C20H30N2O2. The molecule has 0 bridgehead atoms. The SMILES string of the molecule is COc1ccc2c(c1)[C@H](C)CC(C)(C)N2C(=O)NC1CCCCC1. The molecule has 1 heterocycles. The molecule has 0 unspecified atom stereocenters. The molecular weight excluding hydrogens is 300 g/mol. The molecule has 1 aromatic rings. The van der Waals surface area contributed by atoms with Crippen LogP contribution in [0.4, 0.5) is 10.5 Å². The Balaban J connectivity index is 1.90. The first-order chi connectivity index (χ1) is 11.4. The van der Waals surface area contributed by atoms with E-state index < -0.39 is 0 Å². The number of nitrogens with zero attached hydrogens (tertiary/aromatic N) is 1. The van der Waals surface area contributed by atoms with E-state index in [1.165, 1.54) is 24.8 Å². The first-order valence-electron chi connectivity index (χ1n) is 9.21. The van der Waals surface area contributed by atoms with Gasteiger partial charge in [0.05, 0.1) is 7.11 Å². The van der Waals surface area contributed by atoms with E-state index in [9.17, 15) is 4.79 Å². The van der Waals surface area contributed by atoms with Gasteiger partial charge in [0.25, 0.3) is 0 Å². The summed E-state index contributed by atoms with van der Waals surface area (Å²) in [4.78, 5) is 15.1. The predicted octanol–water partition coefficient (Wildman–Crippen LogP) is 4.83. The molecule has 1 aromatic carbocycles. The minimum absolute atomic E-state index is 0.0465. The Hall–Kier alpha value is -1.71. The largest absolute Gasteiger partial charge is 0.497 e. The molecule has 1 aliphatic carbocycles. The van der Waals surface area contributed by atoms with Gasteiger partial charge in [-0.3, -0.25) is 4.90 Å². The van der Waals surface area contributed by atoms with E-state index in [0.29, 0.717) is 12.0 Å². The number of fused-ring (bicyclic) bond motifs is 1. The Morgan fingerprint density at radius 3 is 2.62 bits per heavy atom. The Morgan fingerprint density at radius 1 is 1.25 bits per heavy atom. The Morgan fingerprint density at radius 2 is 1.96 bits per heavy atom. The number of hydrogen-bond acceptors (Lipinski definition) is 2. The van der Waals surface area contributed by atoms with Gasteiger partial charge in [0.2, 0.25) is 0 Å². The Labute approximate surface area is 145 Å². The van der Waals surface area contributed by atoms with Crippen LogP contribution in [0.5, 0.6) is 5.75 Å². The molecule has 1 atom stereocenters. The number of carbonyl (C=O) groups is 1. The van der Waals surface area contributed by atoms with Gasteiger partial charge < -0.3 is 10.1 Å². The third-order valence-corrected chi connectivity index (χ3v) is 5.55. The fraction of sp³-hybridized carbons (Fsp3) is 0.650. The quantitative estimate of drug-likeness (QED) is 0.844. The fourth-order valence-electron chi connectivity index (χ4n) is 4.40. The summed E-state index contributed by atoms with van der Waals surface area (Å²) in [6.45, 7) is 6.56. The van der Waals surface area contributed by atoms with E-state index in [0.717, 1.165) is 30.7 Å². The van der Waals surface area contributed by atoms with E-state index in [4.69, 9.17) is 4.74 Å². The van der Waals surface area contributed by atoms with Crippen LogP contribution < -0.4 is 15.0 Å². The highest BCUT2D eigenvalue weighted by atomic mass is 16.5. The van der Waals surface area contributed by atoms with Crippen LogP contribution in [0.1, 0.15) is 70.8 Å². The molecule has 1 aliphatic heterocycles. The number of amides is 2. The summed E-state index contributed by atoms with van der Waals surface area (Å²) in [7, 11) is 1.69. The second-order valence-electron chi connectivity index (χ2n) is 7.96. The van der Waals surface area contributed by atoms with Crippen molar-refractivity contribution < 1.29 is 9.53 Å². The molecule has 0 spiro atoms. The van der Waals surface area contributed by atoms with Crippen molar-refractivity contribution in [1.82, 2.24) is 5.32 Å². The highest BCUT2D eigenvalue weighted by Crippen LogP contribution is 2.44. The van der Waals surface area contributed by atoms with E-state index in [2.05, 4.69) is 32.2 Å². The van der Waals surface area contributed by atoms with Crippen molar-refractivity contribution in [3.05, 3.63) is 23.8 Å². The van der Waals surface area contributed by atoms with Crippen LogP contribution in [0.15, 0.2) is 18.2 Å². The summed E-state index contributed by atoms with van der Waals surface area (Å²) in [5, 5.41) is 3.28. The Bertz CT molecular complexity index is 606. The van der Waals surface area contributed by atoms with Gasteiger partial charge in [-0.15, -0.1) is 0 Å². The van der Waals surface area contributed by atoms with Crippen LogP contribution in [0.25, 0.3) is 0 Å². The molecule has 3 rings (SSSR count). The average Bonchev–Trinajstić information content (AvgIpc) is 2.54. The summed E-state index contributed by atoms with van der Waals surface area (Å²) in [6.07, 6.45) is 6.89. The smallest absolute Gasteiger partial charge is 0.322 e. The van der Waals surface area contributed by atoms with E-state index in [-0.39, 0.29) is 11.6 Å². The number of carbonyl (C=O) groups excluding carboxylic acids is 1. The maximum atomic E-state index is 13.1. The van der Waals surface area contributed by atoms with Crippen LogP contribution in [0, 0.1) is 0 Å². The summed E-state index contributed by atoms with van der Waals surface area (Å²) < 4.78 is 5.38. The minimum atomic E-state index is -0.195. The molecule has 0 aromatic heterocycles. The number of urea groups is 1. The van der Waals surface area contributed by atoms with Gasteiger partial charge >= 0.3 is 6.03 Å². The summed E-state index contributed by atoms with van der Waals surface area (Å²) in [5.74, 6) is 1.26. The zero-order valence-corrected chi connectivity index (χ0v) is 15.4. The van der Waals surface area contributed by atoms with Gasteiger partial charge in [-0.1, -0.05) is 26.2 Å². The highest BCUT2D eigenvalue weighted by molar-refractivity contribution is 5.95. The number of anilines is 1. The topological polar surface area (TPSA) is 41.6 Å². The number of ether oxygens (including phenoxy) is 1. The number of nitrogens with one attached hydrogen (secondary N) is 1. The standard InChI is InChI=1S/C20H30N2O2/c1-14-13-20(2,3)22(18-11-10-16(24-4)12-17(14)18)19(23)21-15-8-6-5-7-9-15/h10-12,14-15H,5-9,13H2,1-4H3,(H,21,23)/t14-/m1/s1. The summed E-state index contributed by atoms with van der Waals surface area (Å²) in [5.41, 5.74) is 2.03. The lowest BCUT2D eigenvalue weighted by Gasteiger charge is -2.46. The van der Waals surface area contributed by atoms with Gasteiger partial charge in [-0.25, -0.2) is 4.79 Å². The van der Waals surface area contributed by atoms with Crippen molar-refractivity contribution in [2.24, 2.45) is 0 Å². The average molecular weight is 330 g/mol. The summed E-state index contributed by atoms with van der Waals surface area (Å²) >= 11 is 0. The fourth-order valence-corrected chi connectivity index (χ4v) is 4.40. The van der Waals surface area contributed by atoms with Gasteiger partial charge in [0.1, 0.15) is 5.75 Å². The van der Waals surface area contributed by atoms with Crippen LogP contribution in [-0.4, -0.2) is 24.7 Å². The van der Waals surface area contributed by atoms with E-state index in [1.54, 1.807) is 7.11 Å². The molecule has 1 N–H and O–H groups in total. The minimum Gasteiger partial charge on any atom is -0.497 e. The third-order valence-electron chi connectivity index (χ3n) is 5.55. The lowest BCUT2D eigenvalue weighted by molar-refractivity contribution is 0.228. The van der Waals surface area contributed by atoms with Gasteiger partial charge in [0.15, 0.2) is 0 Å². The first kappa shape index (κ1) is 17.1. The maximum absolute atomic E-state index is 13.1. The maximum Gasteiger partial charge on any atom is 0.322 e. The van der Waals surface area contributed by atoms with Gasteiger partial charge in [-0.2, -0.15) is 0 Å². The van der Waals surface area contributed by atoms with Crippen molar-refractivity contribution in [3.8, 4) is 5.75 Å². The second kappa shape index (κ2) is 6.66. The van der Waals surface area contributed by atoms with Crippen LogP contribution >= 0.6 is 0 Å². The summed E-state index contributed by atoms with van der Waals surface area (Å²) in [6, 6.07) is 6.43. The van der Waals surface area contributed by atoms with Crippen LogP contribution in [0.2, 0.25) is 0 Å². The van der Waals surface area contributed by atoms with Crippen molar-refractivity contribution in [2.45, 2.75) is 76.8 Å². The molecule has 4 nitrogen and oxygen atoms in total. The molecule has 24 heavy (non-hydrogen) atoms. The van der Waals surface area contributed by atoms with Gasteiger partial charge in [-0.05, 0) is 62.8 Å². The third kappa shape index (κ3) is 3.24. The molecule has 132 valence electrons. The van der Waals surface area contributed by atoms with Gasteiger partial charge in [0, 0.05) is 17.3 Å². The zero-order valence-electron chi connectivity index (χ0n) is 15.4.